The van der Waals surface area contributed by atoms with Crippen LogP contribution in [0.1, 0.15) is 0 Å². The smallest absolute Gasteiger partial charge is 0.397 e. The lowest BCUT2D eigenvalue weighted by atomic mass is 10.2. The summed E-state index contributed by atoms with van der Waals surface area (Å²) in [5.41, 5.74) is 0. The van der Waals surface area contributed by atoms with Crippen LogP contribution < -0.4 is 0 Å². The number of carbonyl (C=O) groups is 2. The number of ketones is 1. The third-order valence-electron chi connectivity index (χ3n) is 1.77. The van der Waals surface area contributed by atoms with Gasteiger partial charge in [-0.1, -0.05) is 23.2 Å². The third kappa shape index (κ3) is 2.94. The van der Waals surface area contributed by atoms with Crippen molar-refractivity contribution in [2.24, 2.45) is 0 Å². The topological polar surface area (TPSA) is 61.8 Å². The van der Waals surface area contributed by atoms with Crippen LogP contribution in [0.2, 0.25) is 0 Å². The maximum atomic E-state index is 12.0. The molecular formula is C8H5Cl2F3O5. The van der Waals surface area contributed by atoms with Crippen LogP contribution in [-0.2, 0) is 23.8 Å². The van der Waals surface area contributed by atoms with Crippen molar-refractivity contribution in [2.45, 2.75) is 12.1 Å². The average molecular weight is 309 g/mol. The molecule has 0 spiro atoms. The monoisotopic (exact) mass is 308 g/mol. The van der Waals surface area contributed by atoms with Crippen molar-refractivity contribution in [1.29, 1.82) is 0 Å². The molecule has 1 aliphatic rings. The predicted octanol–water partition coefficient (Wildman–Crippen LogP) is 1.68. The highest BCUT2D eigenvalue weighted by Gasteiger charge is 2.53. The molecular weight excluding hydrogens is 304 g/mol. The fourth-order valence-corrected chi connectivity index (χ4v) is 1.32. The molecule has 1 aliphatic heterocycles. The van der Waals surface area contributed by atoms with E-state index in [2.05, 4.69) is 14.2 Å². The molecule has 0 aliphatic carbocycles. The number of cyclic esters (lactones) is 1. The Balaban J connectivity index is 3.03. The second kappa shape index (κ2) is 5.04. The average Bonchev–Trinajstić information content (AvgIpc) is 2.29. The minimum absolute atomic E-state index is 0.759. The first-order valence-electron chi connectivity index (χ1n) is 4.22. The van der Waals surface area contributed by atoms with Crippen LogP contribution in [0, 0.1) is 0 Å². The van der Waals surface area contributed by atoms with Crippen molar-refractivity contribution in [3.63, 3.8) is 0 Å². The van der Waals surface area contributed by atoms with E-state index in [0.29, 0.717) is 0 Å². The van der Waals surface area contributed by atoms with E-state index < -0.39 is 40.6 Å². The summed E-state index contributed by atoms with van der Waals surface area (Å²) in [5, 5.41) is -1.58. The number of Topliss-reactive ketones (excluding diaryl/α,β-unsaturated/α-hetero) is 1. The number of rotatable bonds is 3. The van der Waals surface area contributed by atoms with Gasteiger partial charge >= 0.3 is 18.1 Å². The van der Waals surface area contributed by atoms with Crippen LogP contribution in [0.25, 0.3) is 0 Å². The van der Waals surface area contributed by atoms with E-state index in [1.807, 2.05) is 0 Å². The van der Waals surface area contributed by atoms with Gasteiger partial charge in [0, 0.05) is 7.11 Å². The highest BCUT2D eigenvalue weighted by atomic mass is 35.5. The van der Waals surface area contributed by atoms with E-state index >= 15 is 0 Å². The summed E-state index contributed by atoms with van der Waals surface area (Å²) in [6.45, 7) is -1.87. The highest BCUT2D eigenvalue weighted by molar-refractivity contribution is 6.55. The molecule has 0 fully saturated rings. The number of carbonyl (C=O) groups excluding carboxylic acids is 2. The number of hydrogen-bond acceptors (Lipinski definition) is 5. The van der Waals surface area contributed by atoms with Gasteiger partial charge in [0.25, 0.3) is 5.78 Å². The Bertz CT molecular complexity index is 419. The summed E-state index contributed by atoms with van der Waals surface area (Å²) in [7, 11) is 0.810. The van der Waals surface area contributed by atoms with Crippen molar-refractivity contribution < 1.29 is 37.0 Å². The quantitative estimate of drug-likeness (QED) is 0.586. The molecule has 5 nitrogen and oxygen atoms in total. The van der Waals surface area contributed by atoms with Crippen LogP contribution in [0.4, 0.5) is 13.2 Å². The van der Waals surface area contributed by atoms with Gasteiger partial charge in [-0.05, 0) is 0 Å². The molecule has 0 saturated carbocycles. The van der Waals surface area contributed by atoms with Gasteiger partial charge in [0.05, 0.1) is 0 Å². The number of hydrogen-bond donors (Lipinski definition) is 0. The Hall–Kier alpha value is -0.830. The standard InChI is InChI=1S/C8H5Cl2F3O5/c1-16-8(17-2-7(11,12)13)5(14)3(9)4(10)6(15)18-8/h2H2,1H3. The van der Waals surface area contributed by atoms with E-state index in [1.165, 1.54) is 0 Å². The summed E-state index contributed by atoms with van der Waals surface area (Å²) in [6, 6.07) is 0. The molecule has 18 heavy (non-hydrogen) atoms. The second-order valence-electron chi connectivity index (χ2n) is 3.01. The third-order valence-corrected chi connectivity index (χ3v) is 2.57. The Kier molecular flexibility index (Phi) is 4.26. The van der Waals surface area contributed by atoms with Crippen LogP contribution in [-0.4, -0.2) is 37.6 Å². The molecule has 102 valence electrons. The fourth-order valence-electron chi connectivity index (χ4n) is 1.00. The Morgan fingerprint density at radius 2 is 1.83 bits per heavy atom. The van der Waals surface area contributed by atoms with Crippen LogP contribution >= 0.6 is 23.2 Å². The number of halogens is 5. The zero-order valence-corrected chi connectivity index (χ0v) is 10.2. The summed E-state index contributed by atoms with van der Waals surface area (Å²) in [5.74, 6) is -5.53. The predicted molar refractivity (Wildman–Crippen MR) is 51.6 cm³/mol. The van der Waals surface area contributed by atoms with E-state index in [0.717, 1.165) is 7.11 Å². The molecule has 0 aromatic rings. The minimum Gasteiger partial charge on any atom is -0.397 e. The minimum atomic E-state index is -4.75. The first kappa shape index (κ1) is 15.2. The lowest BCUT2D eigenvalue weighted by Crippen LogP contribution is -2.52. The van der Waals surface area contributed by atoms with Crippen molar-refractivity contribution in [2.75, 3.05) is 13.7 Å². The normalized spacial score (nSPS) is 25.4. The lowest BCUT2D eigenvalue weighted by molar-refractivity contribution is -0.348. The summed E-state index contributed by atoms with van der Waals surface area (Å²) >= 11 is 10.7. The van der Waals surface area contributed by atoms with Crippen LogP contribution in [0.5, 0.6) is 0 Å². The second-order valence-corrected chi connectivity index (χ2v) is 3.77. The fraction of sp³-hybridized carbons (Fsp3) is 0.500. The molecule has 0 amide bonds. The molecule has 0 N–H and O–H groups in total. The van der Waals surface area contributed by atoms with Gasteiger partial charge in [-0.3, -0.25) is 4.79 Å². The summed E-state index contributed by atoms with van der Waals surface area (Å²) in [4.78, 5) is 22.7. The lowest BCUT2D eigenvalue weighted by Gasteiger charge is -2.32. The number of methoxy groups -OCH3 is 1. The molecule has 1 atom stereocenters. The molecule has 1 heterocycles. The van der Waals surface area contributed by atoms with E-state index in [-0.39, 0.29) is 0 Å². The maximum Gasteiger partial charge on any atom is 0.412 e. The Morgan fingerprint density at radius 3 is 2.28 bits per heavy atom. The maximum absolute atomic E-state index is 12.0. The highest BCUT2D eigenvalue weighted by Crippen LogP contribution is 2.33. The summed E-state index contributed by atoms with van der Waals surface area (Å²) < 4.78 is 48.9. The first-order valence-corrected chi connectivity index (χ1v) is 4.98. The van der Waals surface area contributed by atoms with Crippen molar-refractivity contribution >= 4 is 35.0 Å². The van der Waals surface area contributed by atoms with E-state index in [4.69, 9.17) is 23.2 Å². The number of alkyl halides is 3. The molecule has 0 aromatic heterocycles. The molecule has 0 saturated heterocycles. The molecule has 0 radical (unpaired) electrons. The van der Waals surface area contributed by atoms with Gasteiger partial charge in [-0.25, -0.2) is 4.79 Å². The van der Waals surface area contributed by atoms with E-state index in [1.54, 1.807) is 0 Å². The van der Waals surface area contributed by atoms with Gasteiger partial charge in [-0.2, -0.15) is 13.2 Å². The van der Waals surface area contributed by atoms with Crippen molar-refractivity contribution in [1.82, 2.24) is 0 Å². The zero-order valence-electron chi connectivity index (χ0n) is 8.64. The number of ether oxygens (including phenoxy) is 3. The van der Waals surface area contributed by atoms with Crippen LogP contribution in [0.3, 0.4) is 0 Å². The van der Waals surface area contributed by atoms with Gasteiger partial charge in [0.1, 0.15) is 16.7 Å². The zero-order chi connectivity index (χ0) is 14.1. The van der Waals surface area contributed by atoms with Gasteiger partial charge < -0.3 is 14.2 Å². The largest absolute Gasteiger partial charge is 0.412 e. The molecule has 1 rings (SSSR count). The Labute approximate surface area is 108 Å². The molecule has 10 heteroatoms. The molecule has 0 aromatic carbocycles. The van der Waals surface area contributed by atoms with Crippen molar-refractivity contribution in [3.05, 3.63) is 10.1 Å². The number of esters is 1. The van der Waals surface area contributed by atoms with Gasteiger partial charge in [0.15, 0.2) is 0 Å². The first-order chi connectivity index (χ1) is 8.13. The molecule has 1 unspecified atom stereocenters. The van der Waals surface area contributed by atoms with Crippen LogP contribution in [0.15, 0.2) is 10.1 Å². The SMILES string of the molecule is COC1(OCC(F)(F)F)OC(=O)C(Cl)=C(Cl)C1=O. The molecule has 0 bridgehead atoms. The van der Waals surface area contributed by atoms with E-state index in [9.17, 15) is 22.8 Å². The van der Waals surface area contributed by atoms with Crippen molar-refractivity contribution in [3.8, 4) is 0 Å². The Morgan fingerprint density at radius 1 is 1.28 bits per heavy atom. The van der Waals surface area contributed by atoms with Gasteiger partial charge in [0.2, 0.25) is 0 Å². The summed E-state index contributed by atoms with van der Waals surface area (Å²) in [6.07, 6.45) is -4.75. The van der Waals surface area contributed by atoms with Gasteiger partial charge in [-0.15, -0.1) is 0 Å².